The van der Waals surface area contributed by atoms with Gasteiger partial charge in [0.25, 0.3) is 0 Å². The zero-order valence-electron chi connectivity index (χ0n) is 15.0. The Bertz CT molecular complexity index is 1190. The second kappa shape index (κ2) is 7.68. The Kier molecular flexibility index (Phi) is 5.59. The summed E-state index contributed by atoms with van der Waals surface area (Å²) in [6.45, 7) is -0.324. The standard InChI is InChI=1S/C18H15ClF3N3O3S/c1-29(27,28)10-16-24-14-4-2-3-5-15(14)25(16)9-17(26)23-11-6-7-13(19)12(8-11)18(20,21)22/h2-8H,9-10H2,1H3,(H,23,26). The van der Waals surface area contributed by atoms with Crippen LogP contribution >= 0.6 is 11.6 Å². The molecule has 3 rings (SSSR count). The zero-order chi connectivity index (χ0) is 21.4. The van der Waals surface area contributed by atoms with E-state index in [0.29, 0.717) is 11.0 Å². The Morgan fingerprint density at radius 3 is 2.55 bits per heavy atom. The molecule has 0 radical (unpaired) electrons. The minimum absolute atomic E-state index is 0.0826. The molecule has 0 saturated carbocycles. The molecule has 1 amide bonds. The first-order valence-corrected chi connectivity index (χ1v) is 10.7. The molecule has 0 aliphatic rings. The number of rotatable bonds is 5. The minimum Gasteiger partial charge on any atom is -0.325 e. The van der Waals surface area contributed by atoms with Gasteiger partial charge in [0.1, 0.15) is 18.1 Å². The molecule has 154 valence electrons. The highest BCUT2D eigenvalue weighted by molar-refractivity contribution is 7.89. The second-order valence-corrected chi connectivity index (χ2v) is 8.96. The van der Waals surface area contributed by atoms with Gasteiger partial charge in [-0.15, -0.1) is 0 Å². The van der Waals surface area contributed by atoms with Crippen LogP contribution < -0.4 is 5.32 Å². The molecule has 0 fully saturated rings. The lowest BCUT2D eigenvalue weighted by molar-refractivity contribution is -0.137. The molecule has 0 atom stereocenters. The average molecular weight is 446 g/mol. The third-order valence-corrected chi connectivity index (χ3v) is 5.09. The molecule has 0 bridgehead atoms. The fourth-order valence-electron chi connectivity index (χ4n) is 2.81. The van der Waals surface area contributed by atoms with Gasteiger partial charge in [0, 0.05) is 11.9 Å². The van der Waals surface area contributed by atoms with Crippen LogP contribution in [0.3, 0.4) is 0 Å². The number of hydrogen-bond acceptors (Lipinski definition) is 4. The lowest BCUT2D eigenvalue weighted by Crippen LogP contribution is -2.21. The molecular weight excluding hydrogens is 431 g/mol. The molecule has 1 N–H and O–H groups in total. The van der Waals surface area contributed by atoms with Crippen LogP contribution in [-0.4, -0.2) is 30.1 Å². The number of benzene rings is 2. The van der Waals surface area contributed by atoms with Crippen molar-refractivity contribution in [1.82, 2.24) is 9.55 Å². The first-order valence-electron chi connectivity index (χ1n) is 8.22. The lowest BCUT2D eigenvalue weighted by atomic mass is 10.2. The van der Waals surface area contributed by atoms with Crippen LogP contribution in [0.4, 0.5) is 18.9 Å². The topological polar surface area (TPSA) is 81.1 Å². The van der Waals surface area contributed by atoms with Gasteiger partial charge in [-0.25, -0.2) is 13.4 Å². The summed E-state index contributed by atoms with van der Waals surface area (Å²) in [4.78, 5) is 16.7. The fourth-order valence-corrected chi connectivity index (χ4v) is 3.73. The molecule has 2 aromatic carbocycles. The monoisotopic (exact) mass is 445 g/mol. The van der Waals surface area contributed by atoms with Gasteiger partial charge in [0.05, 0.1) is 21.6 Å². The van der Waals surface area contributed by atoms with Crippen LogP contribution in [0.15, 0.2) is 42.5 Å². The van der Waals surface area contributed by atoms with Crippen molar-refractivity contribution < 1.29 is 26.4 Å². The summed E-state index contributed by atoms with van der Waals surface area (Å²) in [5.74, 6) is -0.858. The van der Waals surface area contributed by atoms with Gasteiger partial charge in [0.15, 0.2) is 9.84 Å². The smallest absolute Gasteiger partial charge is 0.325 e. The summed E-state index contributed by atoms with van der Waals surface area (Å²) in [6, 6.07) is 9.80. The number of imidazole rings is 1. The van der Waals surface area contributed by atoms with Crippen LogP contribution in [0.1, 0.15) is 11.4 Å². The largest absolute Gasteiger partial charge is 0.417 e. The number of fused-ring (bicyclic) bond motifs is 1. The van der Waals surface area contributed by atoms with E-state index in [1.807, 2.05) is 0 Å². The van der Waals surface area contributed by atoms with Gasteiger partial charge < -0.3 is 9.88 Å². The number of amides is 1. The van der Waals surface area contributed by atoms with Crippen molar-refractivity contribution in [2.45, 2.75) is 18.5 Å². The fraction of sp³-hybridized carbons (Fsp3) is 0.222. The summed E-state index contributed by atoms with van der Waals surface area (Å²) >= 11 is 5.58. The quantitative estimate of drug-likeness (QED) is 0.646. The summed E-state index contributed by atoms with van der Waals surface area (Å²) in [5, 5.41) is 1.90. The van der Waals surface area contributed by atoms with Crippen molar-refractivity contribution in [3.05, 3.63) is 58.9 Å². The van der Waals surface area contributed by atoms with Crippen molar-refractivity contribution in [3.8, 4) is 0 Å². The first-order chi connectivity index (χ1) is 13.4. The van der Waals surface area contributed by atoms with E-state index < -0.39 is 32.5 Å². The minimum atomic E-state index is -4.67. The third-order valence-electron chi connectivity index (χ3n) is 3.98. The van der Waals surface area contributed by atoms with Crippen LogP contribution in [0.5, 0.6) is 0 Å². The van der Waals surface area contributed by atoms with E-state index in [1.165, 1.54) is 10.6 Å². The van der Waals surface area contributed by atoms with Gasteiger partial charge in [-0.2, -0.15) is 13.2 Å². The summed E-state index contributed by atoms with van der Waals surface area (Å²) in [5.41, 5.74) is -0.109. The van der Waals surface area contributed by atoms with Crippen LogP contribution in [0.25, 0.3) is 11.0 Å². The summed E-state index contributed by atoms with van der Waals surface area (Å²) in [6.07, 6.45) is -3.62. The number of carbonyl (C=O) groups excluding carboxylic acids is 1. The molecule has 1 heterocycles. The zero-order valence-corrected chi connectivity index (χ0v) is 16.6. The Morgan fingerprint density at radius 1 is 1.21 bits per heavy atom. The maximum absolute atomic E-state index is 13.0. The van der Waals surface area contributed by atoms with Crippen LogP contribution in [-0.2, 0) is 33.1 Å². The number of hydrogen-bond donors (Lipinski definition) is 1. The normalized spacial score (nSPS) is 12.3. The number of alkyl halides is 3. The summed E-state index contributed by atoms with van der Waals surface area (Å²) < 4.78 is 63.8. The lowest BCUT2D eigenvalue weighted by Gasteiger charge is -2.13. The SMILES string of the molecule is CS(=O)(=O)Cc1nc2ccccc2n1CC(=O)Nc1ccc(Cl)c(C(F)(F)F)c1. The van der Waals surface area contributed by atoms with Gasteiger partial charge in [-0.05, 0) is 30.3 Å². The van der Waals surface area contributed by atoms with E-state index in [9.17, 15) is 26.4 Å². The van der Waals surface area contributed by atoms with E-state index >= 15 is 0 Å². The number of nitrogens with one attached hydrogen (secondary N) is 1. The van der Waals surface area contributed by atoms with Crippen LogP contribution in [0.2, 0.25) is 5.02 Å². The number of anilines is 1. The first kappa shape index (κ1) is 21.1. The molecule has 0 spiro atoms. The Hall–Kier alpha value is -2.59. The molecule has 29 heavy (non-hydrogen) atoms. The highest BCUT2D eigenvalue weighted by atomic mass is 35.5. The van der Waals surface area contributed by atoms with E-state index in [-0.39, 0.29) is 23.8 Å². The molecule has 0 aliphatic heterocycles. The predicted octanol–water partition coefficient (Wildman–Crippen LogP) is 3.89. The third kappa shape index (κ3) is 5.07. The second-order valence-electron chi connectivity index (χ2n) is 6.41. The van der Waals surface area contributed by atoms with Gasteiger partial charge in [-0.3, -0.25) is 4.79 Å². The van der Waals surface area contributed by atoms with E-state index in [0.717, 1.165) is 18.4 Å². The number of halogens is 4. The van der Waals surface area contributed by atoms with Crippen molar-refractivity contribution in [2.75, 3.05) is 11.6 Å². The molecule has 0 unspecified atom stereocenters. The van der Waals surface area contributed by atoms with Crippen molar-refractivity contribution in [1.29, 1.82) is 0 Å². The maximum atomic E-state index is 13.0. The number of nitrogens with zero attached hydrogens (tertiary/aromatic N) is 2. The van der Waals surface area contributed by atoms with Crippen molar-refractivity contribution in [3.63, 3.8) is 0 Å². The van der Waals surface area contributed by atoms with Gasteiger partial charge in [0.2, 0.25) is 5.91 Å². The Labute approximate surface area is 169 Å². The molecular formula is C18H15ClF3N3O3S. The van der Waals surface area contributed by atoms with Crippen molar-refractivity contribution >= 4 is 44.1 Å². The summed E-state index contributed by atoms with van der Waals surface area (Å²) in [7, 11) is -3.42. The predicted molar refractivity (Wildman–Crippen MR) is 103 cm³/mol. The maximum Gasteiger partial charge on any atom is 0.417 e. The Morgan fingerprint density at radius 2 is 1.90 bits per heavy atom. The number of carbonyl (C=O) groups is 1. The highest BCUT2D eigenvalue weighted by Gasteiger charge is 2.33. The Balaban J connectivity index is 1.90. The van der Waals surface area contributed by atoms with Gasteiger partial charge >= 0.3 is 6.18 Å². The van der Waals surface area contributed by atoms with Gasteiger partial charge in [-0.1, -0.05) is 23.7 Å². The molecule has 1 aromatic heterocycles. The average Bonchev–Trinajstić information content (AvgIpc) is 2.91. The number of sulfone groups is 1. The van der Waals surface area contributed by atoms with Crippen molar-refractivity contribution in [2.24, 2.45) is 0 Å². The number of aromatic nitrogens is 2. The van der Waals surface area contributed by atoms with Crippen LogP contribution in [0, 0.1) is 0 Å². The molecule has 6 nitrogen and oxygen atoms in total. The highest BCUT2D eigenvalue weighted by Crippen LogP contribution is 2.36. The molecule has 0 saturated heterocycles. The molecule has 3 aromatic rings. The van der Waals surface area contributed by atoms with E-state index in [4.69, 9.17) is 11.6 Å². The van der Waals surface area contributed by atoms with E-state index in [1.54, 1.807) is 24.3 Å². The molecule has 11 heteroatoms. The van der Waals surface area contributed by atoms with E-state index in [2.05, 4.69) is 10.3 Å². The molecule has 0 aliphatic carbocycles. The number of para-hydroxylation sites is 2.